The lowest BCUT2D eigenvalue weighted by molar-refractivity contribution is -0.00106. The molecule has 11 heteroatoms. The molecule has 0 atom stereocenters. The third kappa shape index (κ3) is 3.63. The minimum absolute atomic E-state index is 0.00128. The van der Waals surface area contributed by atoms with Gasteiger partial charge in [0.1, 0.15) is 17.0 Å². The zero-order chi connectivity index (χ0) is 23.2. The van der Waals surface area contributed by atoms with E-state index < -0.39 is 0 Å². The summed E-state index contributed by atoms with van der Waals surface area (Å²) in [5, 5.41) is 8.96. The van der Waals surface area contributed by atoms with Crippen molar-refractivity contribution in [1.29, 1.82) is 0 Å². The first-order valence-corrected chi connectivity index (χ1v) is 10.7. The first-order valence-electron chi connectivity index (χ1n) is 10.7. The van der Waals surface area contributed by atoms with E-state index in [2.05, 4.69) is 10.1 Å². The highest BCUT2D eigenvalue weighted by molar-refractivity contribution is 5.75. The van der Waals surface area contributed by atoms with E-state index in [9.17, 15) is 4.79 Å². The van der Waals surface area contributed by atoms with Gasteiger partial charge in [0.25, 0.3) is 0 Å². The lowest BCUT2D eigenvalue weighted by Gasteiger charge is -2.50. The van der Waals surface area contributed by atoms with E-state index >= 15 is 0 Å². The number of methoxy groups -OCH3 is 1. The van der Waals surface area contributed by atoms with Gasteiger partial charge in [0.05, 0.1) is 23.7 Å². The van der Waals surface area contributed by atoms with Crippen LogP contribution in [0.4, 0.5) is 4.79 Å². The van der Waals surface area contributed by atoms with Crippen LogP contribution in [0.15, 0.2) is 43.2 Å². The summed E-state index contributed by atoms with van der Waals surface area (Å²) in [6.07, 6.45) is 11.9. The number of carbonyl (C=O) groups is 1. The first-order chi connectivity index (χ1) is 15.9. The van der Waals surface area contributed by atoms with Gasteiger partial charge in [-0.2, -0.15) is 10.2 Å². The minimum atomic E-state index is -0.311. The molecule has 5 heterocycles. The zero-order valence-corrected chi connectivity index (χ0v) is 19.2. The van der Waals surface area contributed by atoms with Crippen molar-refractivity contribution in [3.05, 3.63) is 43.2 Å². The maximum atomic E-state index is 12.4. The van der Waals surface area contributed by atoms with E-state index in [-0.39, 0.29) is 11.6 Å². The molecule has 1 aliphatic heterocycles. The van der Waals surface area contributed by atoms with Crippen molar-refractivity contribution in [3.63, 3.8) is 0 Å². The summed E-state index contributed by atoms with van der Waals surface area (Å²) in [5.74, 6) is 0.748. The van der Waals surface area contributed by atoms with Crippen molar-refractivity contribution in [3.8, 4) is 22.6 Å². The van der Waals surface area contributed by atoms with Crippen molar-refractivity contribution in [2.75, 3.05) is 40.9 Å². The van der Waals surface area contributed by atoms with Crippen LogP contribution in [0.2, 0.25) is 0 Å². The predicted molar refractivity (Wildman–Crippen MR) is 122 cm³/mol. The number of aryl methyl sites for hydroxylation is 1. The Bertz CT molecular complexity index is 1300. The second kappa shape index (κ2) is 8.00. The topological polar surface area (TPSA) is 98.6 Å². The van der Waals surface area contributed by atoms with Crippen molar-refractivity contribution < 1.29 is 9.53 Å². The molecule has 0 radical (unpaired) electrons. The summed E-state index contributed by atoms with van der Waals surface area (Å²) in [6, 6.07) is 1.95. The summed E-state index contributed by atoms with van der Waals surface area (Å²) in [6.45, 7) is 1.75. The quantitative estimate of drug-likeness (QED) is 0.445. The van der Waals surface area contributed by atoms with Gasteiger partial charge < -0.3 is 14.5 Å². The summed E-state index contributed by atoms with van der Waals surface area (Å²) < 4.78 is 11.0. The molecular formula is C22H27N9O2. The van der Waals surface area contributed by atoms with E-state index in [1.54, 1.807) is 43.2 Å². The van der Waals surface area contributed by atoms with Gasteiger partial charge in [-0.1, -0.05) is 0 Å². The highest BCUT2D eigenvalue weighted by atomic mass is 16.5. The van der Waals surface area contributed by atoms with Gasteiger partial charge in [-0.25, -0.2) is 14.8 Å². The molecule has 4 aromatic heterocycles. The molecule has 33 heavy (non-hydrogen) atoms. The Balaban J connectivity index is 1.51. The van der Waals surface area contributed by atoms with Crippen molar-refractivity contribution in [2.24, 2.45) is 7.05 Å². The van der Waals surface area contributed by atoms with Crippen molar-refractivity contribution in [1.82, 2.24) is 43.7 Å². The predicted octanol–water partition coefficient (Wildman–Crippen LogP) is 1.72. The number of nitrogens with zero attached hydrogens (tertiary/aromatic N) is 9. The lowest BCUT2D eigenvalue weighted by Crippen LogP contribution is -2.66. The van der Waals surface area contributed by atoms with E-state index in [4.69, 9.17) is 14.8 Å². The first kappa shape index (κ1) is 21.1. The number of amides is 2. The number of urea groups is 1. The van der Waals surface area contributed by atoms with E-state index in [1.165, 1.54) is 0 Å². The number of imidazole rings is 1. The summed E-state index contributed by atoms with van der Waals surface area (Å²) >= 11 is 0. The number of ether oxygens (including phenoxy) is 1. The molecule has 0 aromatic carbocycles. The van der Waals surface area contributed by atoms with Crippen LogP contribution in [0.1, 0.15) is 6.42 Å². The average molecular weight is 450 g/mol. The Kier molecular flexibility index (Phi) is 5.12. The molecule has 2 amide bonds. The molecule has 11 nitrogen and oxygen atoms in total. The average Bonchev–Trinajstić information content (AvgIpc) is 3.52. The van der Waals surface area contributed by atoms with Crippen LogP contribution in [0.25, 0.3) is 28.3 Å². The fourth-order valence-electron chi connectivity index (χ4n) is 4.32. The Morgan fingerprint density at radius 3 is 2.67 bits per heavy atom. The minimum Gasteiger partial charge on any atom is -0.385 e. The molecule has 172 valence electrons. The fourth-order valence-corrected chi connectivity index (χ4v) is 4.32. The van der Waals surface area contributed by atoms with E-state index in [1.807, 2.05) is 51.9 Å². The van der Waals surface area contributed by atoms with Crippen molar-refractivity contribution >= 4 is 11.7 Å². The molecule has 5 rings (SSSR count). The highest BCUT2D eigenvalue weighted by Crippen LogP contribution is 2.34. The molecule has 0 aliphatic carbocycles. The van der Waals surface area contributed by atoms with Gasteiger partial charge in [0.2, 0.25) is 0 Å². The number of carbonyl (C=O) groups excluding carboxylic acids is 1. The molecule has 0 bridgehead atoms. The Labute approximate surface area is 191 Å². The van der Waals surface area contributed by atoms with E-state index in [0.29, 0.717) is 19.7 Å². The van der Waals surface area contributed by atoms with Crippen LogP contribution in [0, 0.1) is 0 Å². The number of fused-ring (bicyclic) bond motifs is 1. The summed E-state index contributed by atoms with van der Waals surface area (Å²) in [4.78, 5) is 25.2. The molecular weight excluding hydrogens is 422 g/mol. The van der Waals surface area contributed by atoms with Crippen LogP contribution in [-0.4, -0.2) is 90.7 Å². The second-order valence-electron chi connectivity index (χ2n) is 8.70. The van der Waals surface area contributed by atoms with Crippen LogP contribution in [0.3, 0.4) is 0 Å². The normalized spacial score (nSPS) is 15.1. The Morgan fingerprint density at radius 1 is 1.18 bits per heavy atom. The third-order valence-corrected chi connectivity index (χ3v) is 6.11. The molecule has 4 aromatic rings. The summed E-state index contributed by atoms with van der Waals surface area (Å²) in [5.41, 5.74) is 3.08. The Hall–Kier alpha value is -3.73. The highest BCUT2D eigenvalue weighted by Gasteiger charge is 2.47. The largest absolute Gasteiger partial charge is 0.385 e. The third-order valence-electron chi connectivity index (χ3n) is 6.11. The maximum absolute atomic E-state index is 12.4. The summed E-state index contributed by atoms with van der Waals surface area (Å²) in [7, 11) is 7.10. The van der Waals surface area contributed by atoms with Crippen LogP contribution >= 0.6 is 0 Å². The standard InChI is InChI=1S/C22H27N9O2/c1-27(2)21(32)29-14-22(15-29,5-8-33-4)31-13-17(11-25-31)20-26-18(16-10-24-28(3)12-16)9-19-23-6-7-30(19)20/h6-7,9-13H,5,8,14-15H2,1-4H3. The molecule has 1 fully saturated rings. The van der Waals surface area contributed by atoms with Gasteiger partial charge in [0, 0.05) is 84.4 Å². The number of hydrogen-bond acceptors (Lipinski definition) is 6. The van der Waals surface area contributed by atoms with Crippen LogP contribution in [-0.2, 0) is 17.3 Å². The van der Waals surface area contributed by atoms with E-state index in [0.717, 1.165) is 34.7 Å². The van der Waals surface area contributed by atoms with Gasteiger partial charge >= 0.3 is 6.03 Å². The maximum Gasteiger partial charge on any atom is 0.319 e. The molecule has 0 unspecified atom stereocenters. The van der Waals surface area contributed by atoms with Gasteiger partial charge in [-0.3, -0.25) is 13.8 Å². The number of aromatic nitrogens is 7. The molecule has 1 aliphatic rings. The van der Waals surface area contributed by atoms with Gasteiger partial charge in [0.15, 0.2) is 0 Å². The molecule has 1 saturated heterocycles. The number of likely N-dealkylation sites (tertiary alicyclic amines) is 1. The van der Waals surface area contributed by atoms with Gasteiger partial charge in [-0.15, -0.1) is 0 Å². The smallest absolute Gasteiger partial charge is 0.319 e. The zero-order valence-electron chi connectivity index (χ0n) is 19.2. The fraction of sp³-hybridized carbons (Fsp3) is 0.409. The SMILES string of the molecule is COCCC1(n2cc(-c3nc(-c4cnn(C)c4)cc4nccn34)cn2)CN(C(=O)N(C)C)C1. The molecule has 0 spiro atoms. The van der Waals surface area contributed by atoms with Crippen LogP contribution < -0.4 is 0 Å². The van der Waals surface area contributed by atoms with Crippen molar-refractivity contribution in [2.45, 2.75) is 12.0 Å². The molecule has 0 saturated carbocycles. The van der Waals surface area contributed by atoms with Crippen LogP contribution in [0.5, 0.6) is 0 Å². The molecule has 0 N–H and O–H groups in total. The number of hydrogen-bond donors (Lipinski definition) is 0. The Morgan fingerprint density at radius 2 is 1.97 bits per heavy atom. The van der Waals surface area contributed by atoms with Gasteiger partial charge in [-0.05, 0) is 6.42 Å². The monoisotopic (exact) mass is 449 g/mol. The lowest BCUT2D eigenvalue weighted by atomic mass is 9.86. The second-order valence-corrected chi connectivity index (χ2v) is 8.70. The number of rotatable bonds is 6.